The number of fused-ring (bicyclic) bond motifs is 6. The minimum atomic E-state index is -0.552. The number of nitrogens with zero attached hydrogens (tertiary/aromatic N) is 4. The molecule has 2 amide bonds. The SMILES string of the molecule is C/C=C\c1ccc2n(c1=O)C[C@@H]1[C@@H](CO)[C@H](C(=O)NCCC)N(Cc3cccc(F)c3)[C@H]21.C/C=C\c1ccc2n(c1=O)C[C@@H]1[C@@H](CO)[C@H](C(=O)NCCC)N(Cc3cccc(F)c3)[C@H]21. The summed E-state index contributed by atoms with van der Waals surface area (Å²) in [4.78, 5) is 56.5. The largest absolute Gasteiger partial charge is 0.396 e. The highest BCUT2D eigenvalue weighted by atomic mass is 19.1. The number of benzene rings is 2. The molecule has 2 aromatic carbocycles. The predicted octanol–water partition coefficient (Wildman–Crippen LogP) is 5.42. The molecule has 2 saturated heterocycles. The van der Waals surface area contributed by atoms with Crippen LogP contribution in [-0.2, 0) is 35.8 Å². The van der Waals surface area contributed by atoms with Crippen LogP contribution in [0.4, 0.5) is 8.78 Å². The summed E-state index contributed by atoms with van der Waals surface area (Å²) in [6.45, 7) is 10.1. The summed E-state index contributed by atoms with van der Waals surface area (Å²) in [6.07, 6.45) is 8.87. The second kappa shape index (κ2) is 20.5. The average Bonchev–Trinajstić information content (AvgIpc) is 4.02. The van der Waals surface area contributed by atoms with Crippen LogP contribution in [0.5, 0.6) is 0 Å². The highest BCUT2D eigenvalue weighted by Gasteiger charge is 2.57. The van der Waals surface area contributed by atoms with Gasteiger partial charge in [-0.3, -0.25) is 29.0 Å². The van der Waals surface area contributed by atoms with Crippen molar-refractivity contribution < 1.29 is 28.6 Å². The van der Waals surface area contributed by atoms with Gasteiger partial charge in [0, 0.05) is 98.7 Å². The molecule has 2 aromatic heterocycles. The maximum absolute atomic E-state index is 13.9. The van der Waals surface area contributed by atoms with Crippen molar-refractivity contribution in [1.82, 2.24) is 29.6 Å². The molecule has 340 valence electrons. The van der Waals surface area contributed by atoms with E-state index >= 15 is 0 Å². The summed E-state index contributed by atoms with van der Waals surface area (Å²) >= 11 is 0. The van der Waals surface area contributed by atoms with Crippen molar-refractivity contribution >= 4 is 24.0 Å². The Hall–Kier alpha value is -5.54. The summed E-state index contributed by atoms with van der Waals surface area (Å²) < 4.78 is 31.3. The molecule has 0 spiro atoms. The number of amides is 2. The van der Waals surface area contributed by atoms with Crippen molar-refractivity contribution in [1.29, 1.82) is 0 Å². The van der Waals surface area contributed by atoms with Gasteiger partial charge in [-0.25, -0.2) is 8.78 Å². The molecule has 8 rings (SSSR count). The lowest BCUT2D eigenvalue weighted by atomic mass is 9.88. The number of likely N-dealkylation sites (tertiary alicyclic amines) is 2. The Morgan fingerprint density at radius 2 is 1.06 bits per heavy atom. The number of allylic oxidation sites excluding steroid dienone is 2. The summed E-state index contributed by atoms with van der Waals surface area (Å²) in [5.41, 5.74) is 4.29. The van der Waals surface area contributed by atoms with Crippen molar-refractivity contribution in [2.75, 3.05) is 26.3 Å². The fraction of sp³-hybridized carbons (Fsp3) is 0.440. The van der Waals surface area contributed by atoms with Crippen LogP contribution in [0.1, 0.15) is 86.3 Å². The molecule has 12 nitrogen and oxygen atoms in total. The van der Waals surface area contributed by atoms with Crippen molar-refractivity contribution in [3.8, 4) is 0 Å². The summed E-state index contributed by atoms with van der Waals surface area (Å²) in [6, 6.07) is 18.7. The summed E-state index contributed by atoms with van der Waals surface area (Å²) in [5.74, 6) is -1.73. The highest BCUT2D eigenvalue weighted by Crippen LogP contribution is 2.51. The summed E-state index contributed by atoms with van der Waals surface area (Å²) in [5, 5.41) is 26.6. The number of carbonyl (C=O) groups excluding carboxylic acids is 2. The fourth-order valence-electron chi connectivity index (χ4n) is 10.6. The number of nitrogens with one attached hydrogen (secondary N) is 2. The van der Waals surface area contributed by atoms with Gasteiger partial charge in [-0.15, -0.1) is 0 Å². The number of hydrogen-bond acceptors (Lipinski definition) is 8. The molecule has 0 bridgehead atoms. The van der Waals surface area contributed by atoms with Gasteiger partial charge in [0.1, 0.15) is 11.6 Å². The third-order valence-corrected chi connectivity index (χ3v) is 13.3. The first-order valence-electron chi connectivity index (χ1n) is 22.5. The number of halogens is 2. The number of aliphatic hydroxyl groups excluding tert-OH is 2. The zero-order valence-electron chi connectivity index (χ0n) is 37.0. The lowest BCUT2D eigenvalue weighted by Gasteiger charge is -2.31. The Morgan fingerprint density at radius 1 is 0.656 bits per heavy atom. The second-order valence-electron chi connectivity index (χ2n) is 17.2. The van der Waals surface area contributed by atoms with Crippen molar-refractivity contribution in [3.63, 3.8) is 0 Å². The van der Waals surface area contributed by atoms with Crippen LogP contribution in [0.2, 0.25) is 0 Å². The Labute approximate surface area is 372 Å². The standard InChI is InChI=1S/2C25H30FN3O3/c2*1-3-6-17-9-10-21-22-19(14-28(21)25(17)32)20(15-30)23(24(31)27-11-4-2)29(22)13-16-7-5-8-18(26)12-16/h2*3,5-10,12,19-20,22-23,30H,4,11,13-15H2,1-2H3,(H,27,31)/b2*6-3-/t2*19-,20-,22+,23-/m11/s1. The van der Waals surface area contributed by atoms with E-state index in [2.05, 4.69) is 10.6 Å². The highest BCUT2D eigenvalue weighted by molar-refractivity contribution is 5.83. The van der Waals surface area contributed by atoms with Gasteiger partial charge in [-0.05, 0) is 86.3 Å². The smallest absolute Gasteiger partial charge is 0.258 e. The van der Waals surface area contributed by atoms with E-state index in [0.717, 1.165) is 35.4 Å². The third-order valence-electron chi connectivity index (χ3n) is 13.3. The topological polar surface area (TPSA) is 149 Å². The van der Waals surface area contributed by atoms with E-state index in [1.54, 1.807) is 33.4 Å². The van der Waals surface area contributed by atoms with Gasteiger partial charge in [-0.2, -0.15) is 0 Å². The van der Waals surface area contributed by atoms with E-state index in [4.69, 9.17) is 0 Å². The number of rotatable bonds is 14. The molecule has 6 heterocycles. The van der Waals surface area contributed by atoms with Crippen molar-refractivity contribution in [2.24, 2.45) is 23.7 Å². The molecule has 2 fully saturated rings. The Kier molecular flexibility index (Phi) is 14.9. The van der Waals surface area contributed by atoms with Gasteiger partial charge in [0.05, 0.1) is 24.2 Å². The normalized spacial score (nSPS) is 24.6. The van der Waals surface area contributed by atoms with Crippen LogP contribution in [0.15, 0.2) is 94.5 Å². The quantitative estimate of drug-likeness (QED) is 0.131. The van der Waals surface area contributed by atoms with E-state index in [9.17, 15) is 38.2 Å². The van der Waals surface area contributed by atoms with Crippen LogP contribution in [0.25, 0.3) is 12.2 Å². The van der Waals surface area contributed by atoms with E-state index in [0.29, 0.717) is 50.4 Å². The number of carbonyl (C=O) groups is 2. The molecule has 8 atom stereocenters. The first-order valence-corrected chi connectivity index (χ1v) is 22.5. The van der Waals surface area contributed by atoms with E-state index < -0.39 is 12.1 Å². The fourth-order valence-corrected chi connectivity index (χ4v) is 10.6. The molecule has 4 aliphatic heterocycles. The maximum atomic E-state index is 13.9. The molecule has 0 aliphatic carbocycles. The Bertz CT molecular complexity index is 2330. The molecule has 64 heavy (non-hydrogen) atoms. The first kappa shape index (κ1) is 46.5. The lowest BCUT2D eigenvalue weighted by molar-refractivity contribution is -0.128. The second-order valence-corrected chi connectivity index (χ2v) is 17.2. The molecule has 4 N–H and O–H groups in total. The van der Waals surface area contributed by atoms with Gasteiger partial charge >= 0.3 is 0 Å². The Morgan fingerprint density at radius 3 is 1.41 bits per heavy atom. The minimum Gasteiger partial charge on any atom is -0.396 e. The van der Waals surface area contributed by atoms with Crippen LogP contribution in [0.3, 0.4) is 0 Å². The molecule has 4 aromatic rings. The third kappa shape index (κ3) is 9.06. The van der Waals surface area contributed by atoms with Gasteiger partial charge in [0.25, 0.3) is 11.1 Å². The van der Waals surface area contributed by atoms with E-state index in [1.807, 2.05) is 86.0 Å². The van der Waals surface area contributed by atoms with Gasteiger partial charge < -0.3 is 30.0 Å². The van der Waals surface area contributed by atoms with E-state index in [-0.39, 0.29) is 83.5 Å². The zero-order chi connectivity index (χ0) is 45.7. The number of hydrogen-bond donors (Lipinski definition) is 4. The molecule has 4 aliphatic rings. The molecule has 14 heteroatoms. The Balaban J connectivity index is 0.000000191. The lowest BCUT2D eigenvalue weighted by Crippen LogP contribution is -2.48. The molecule has 0 saturated carbocycles. The first-order chi connectivity index (χ1) is 31.0. The van der Waals surface area contributed by atoms with Crippen LogP contribution >= 0.6 is 0 Å². The molecule has 0 unspecified atom stereocenters. The van der Waals surface area contributed by atoms with Crippen molar-refractivity contribution in [3.05, 3.63) is 151 Å². The van der Waals surface area contributed by atoms with Gasteiger partial charge in [0.15, 0.2) is 0 Å². The maximum Gasteiger partial charge on any atom is 0.258 e. The minimum absolute atomic E-state index is 0.0654. The molecular weight excluding hydrogens is 819 g/mol. The molecular formula is C50H60F2N6O6. The zero-order valence-corrected chi connectivity index (χ0v) is 37.0. The van der Waals surface area contributed by atoms with Gasteiger partial charge in [-0.1, -0.05) is 62.4 Å². The van der Waals surface area contributed by atoms with Crippen LogP contribution < -0.4 is 21.8 Å². The predicted molar refractivity (Wildman–Crippen MR) is 242 cm³/mol. The van der Waals surface area contributed by atoms with Gasteiger partial charge in [0.2, 0.25) is 11.8 Å². The average molecular weight is 879 g/mol. The number of pyridine rings is 2. The molecule has 0 radical (unpaired) electrons. The van der Waals surface area contributed by atoms with Crippen LogP contribution in [0, 0.1) is 35.3 Å². The van der Waals surface area contributed by atoms with Crippen LogP contribution in [-0.4, -0.2) is 79.3 Å². The summed E-state index contributed by atoms with van der Waals surface area (Å²) in [7, 11) is 0. The number of aliphatic hydroxyl groups is 2. The van der Waals surface area contributed by atoms with E-state index in [1.165, 1.54) is 24.3 Å². The monoisotopic (exact) mass is 878 g/mol. The van der Waals surface area contributed by atoms with Crippen molar-refractivity contribution in [2.45, 2.75) is 90.9 Å². The number of aromatic nitrogens is 2.